The maximum absolute atomic E-state index is 13.0. The van der Waals surface area contributed by atoms with Crippen LogP contribution in [0, 0.1) is 11.3 Å². The van der Waals surface area contributed by atoms with Gasteiger partial charge in [-0.25, -0.2) is 4.98 Å². The van der Waals surface area contributed by atoms with Crippen molar-refractivity contribution in [3.05, 3.63) is 65.0 Å². The van der Waals surface area contributed by atoms with E-state index in [1.807, 2.05) is 48.5 Å². The van der Waals surface area contributed by atoms with Gasteiger partial charge in [0.05, 0.1) is 29.1 Å². The van der Waals surface area contributed by atoms with Crippen LogP contribution in [0.1, 0.15) is 25.3 Å². The predicted molar refractivity (Wildman–Crippen MR) is 114 cm³/mol. The molecule has 7 heteroatoms. The summed E-state index contributed by atoms with van der Waals surface area (Å²) in [6.45, 7) is 0.334. The van der Waals surface area contributed by atoms with Gasteiger partial charge in [0.25, 0.3) is 5.56 Å². The molecule has 0 atom stereocenters. The van der Waals surface area contributed by atoms with Gasteiger partial charge in [0.15, 0.2) is 5.16 Å². The van der Waals surface area contributed by atoms with Crippen LogP contribution in [-0.2, 0) is 4.79 Å². The van der Waals surface area contributed by atoms with Crippen LogP contribution in [0.4, 0.5) is 5.69 Å². The molecule has 0 radical (unpaired) electrons. The molecule has 1 heterocycles. The first-order chi connectivity index (χ1) is 14.2. The third-order valence-corrected chi connectivity index (χ3v) is 5.77. The van der Waals surface area contributed by atoms with Crippen LogP contribution in [0.5, 0.6) is 0 Å². The van der Waals surface area contributed by atoms with E-state index >= 15 is 0 Å². The van der Waals surface area contributed by atoms with Crippen LogP contribution in [0.3, 0.4) is 0 Å². The minimum Gasteiger partial charge on any atom is -0.311 e. The molecule has 1 amide bonds. The lowest BCUT2D eigenvalue weighted by atomic mass is 10.2. The van der Waals surface area contributed by atoms with Crippen molar-refractivity contribution in [2.75, 3.05) is 17.2 Å². The van der Waals surface area contributed by atoms with Gasteiger partial charge in [-0.2, -0.15) is 5.26 Å². The van der Waals surface area contributed by atoms with Crippen molar-refractivity contribution >= 4 is 34.3 Å². The summed E-state index contributed by atoms with van der Waals surface area (Å²) in [5.41, 5.74) is 1.37. The standard InChI is InChI=1S/C22H20N4O2S/c23-13-6-14-25(16-7-2-1-3-8-16)20(27)15-29-22-24-19-10-5-4-9-18(19)21(28)26(22)17-11-12-17/h1-5,7-10,17H,6,11-12,14-15H2. The molecule has 0 saturated heterocycles. The number of nitriles is 1. The Morgan fingerprint density at radius 2 is 1.90 bits per heavy atom. The van der Waals surface area contributed by atoms with Crippen LogP contribution in [0.15, 0.2) is 64.5 Å². The fourth-order valence-corrected chi connectivity index (χ4v) is 4.20. The molecule has 4 rings (SSSR count). The maximum Gasteiger partial charge on any atom is 0.262 e. The smallest absolute Gasteiger partial charge is 0.262 e. The second-order valence-electron chi connectivity index (χ2n) is 6.90. The zero-order chi connectivity index (χ0) is 20.2. The van der Waals surface area contributed by atoms with E-state index in [2.05, 4.69) is 11.1 Å². The maximum atomic E-state index is 13.0. The number of carbonyl (C=O) groups excluding carboxylic acids is 1. The summed E-state index contributed by atoms with van der Waals surface area (Å²) in [6, 6.07) is 18.9. The molecule has 1 aromatic heterocycles. The van der Waals surface area contributed by atoms with E-state index in [4.69, 9.17) is 5.26 Å². The van der Waals surface area contributed by atoms with Crippen molar-refractivity contribution < 1.29 is 4.79 Å². The zero-order valence-electron chi connectivity index (χ0n) is 15.8. The molecule has 29 heavy (non-hydrogen) atoms. The Bertz CT molecular complexity index is 1130. The SMILES string of the molecule is N#CCCN(C(=O)CSc1nc2ccccc2c(=O)n1C1CC1)c1ccccc1. The number of rotatable bonds is 7. The van der Waals surface area contributed by atoms with E-state index in [0.29, 0.717) is 22.6 Å². The highest BCUT2D eigenvalue weighted by molar-refractivity contribution is 7.99. The summed E-state index contributed by atoms with van der Waals surface area (Å²) >= 11 is 1.29. The Hall–Kier alpha value is -3.11. The van der Waals surface area contributed by atoms with E-state index < -0.39 is 0 Å². The van der Waals surface area contributed by atoms with Gasteiger partial charge < -0.3 is 4.90 Å². The molecule has 146 valence electrons. The largest absolute Gasteiger partial charge is 0.311 e. The summed E-state index contributed by atoms with van der Waals surface area (Å²) in [6.07, 6.45) is 2.17. The number of carbonyl (C=O) groups is 1. The van der Waals surface area contributed by atoms with Crippen molar-refractivity contribution in [2.45, 2.75) is 30.5 Å². The molecule has 0 unspecified atom stereocenters. The van der Waals surface area contributed by atoms with Gasteiger partial charge in [-0.1, -0.05) is 42.1 Å². The number of hydrogen-bond donors (Lipinski definition) is 0. The van der Waals surface area contributed by atoms with Crippen molar-refractivity contribution in [1.82, 2.24) is 9.55 Å². The normalized spacial score (nSPS) is 13.2. The number of thioether (sulfide) groups is 1. The van der Waals surface area contributed by atoms with Gasteiger partial charge in [0.2, 0.25) is 5.91 Å². The average molecular weight is 404 g/mol. The van der Waals surface area contributed by atoms with Gasteiger partial charge in [0.1, 0.15) is 0 Å². The van der Waals surface area contributed by atoms with Crippen molar-refractivity contribution in [3.8, 4) is 6.07 Å². The Morgan fingerprint density at radius 3 is 2.62 bits per heavy atom. The third-order valence-electron chi connectivity index (χ3n) is 4.83. The highest BCUT2D eigenvalue weighted by Crippen LogP contribution is 2.37. The molecule has 2 aromatic carbocycles. The van der Waals surface area contributed by atoms with E-state index in [0.717, 1.165) is 18.5 Å². The lowest BCUT2D eigenvalue weighted by Crippen LogP contribution is -2.33. The van der Waals surface area contributed by atoms with Crippen LogP contribution in [0.25, 0.3) is 10.9 Å². The summed E-state index contributed by atoms with van der Waals surface area (Å²) in [4.78, 5) is 32.2. The number of amides is 1. The van der Waals surface area contributed by atoms with Gasteiger partial charge in [-0.15, -0.1) is 0 Å². The number of benzene rings is 2. The van der Waals surface area contributed by atoms with Crippen LogP contribution in [0.2, 0.25) is 0 Å². The fourth-order valence-electron chi connectivity index (χ4n) is 3.25. The van der Waals surface area contributed by atoms with Crippen LogP contribution in [-0.4, -0.2) is 27.8 Å². The van der Waals surface area contributed by atoms with Crippen LogP contribution >= 0.6 is 11.8 Å². The van der Waals surface area contributed by atoms with Gasteiger partial charge >= 0.3 is 0 Å². The zero-order valence-corrected chi connectivity index (χ0v) is 16.6. The summed E-state index contributed by atoms with van der Waals surface area (Å²) in [5, 5.41) is 10.1. The molecular formula is C22H20N4O2S. The van der Waals surface area contributed by atoms with E-state index in [1.54, 1.807) is 15.5 Å². The molecule has 6 nitrogen and oxygen atoms in total. The third kappa shape index (κ3) is 4.17. The quantitative estimate of drug-likeness (QED) is 0.442. The van der Waals surface area contributed by atoms with E-state index in [9.17, 15) is 9.59 Å². The predicted octanol–water partition coefficient (Wildman–Crippen LogP) is 3.77. The number of aromatic nitrogens is 2. The first-order valence-corrected chi connectivity index (χ1v) is 10.5. The molecule has 1 saturated carbocycles. The second-order valence-corrected chi connectivity index (χ2v) is 7.84. The first-order valence-electron chi connectivity index (χ1n) is 9.55. The average Bonchev–Trinajstić information content (AvgIpc) is 3.58. The number of nitrogens with zero attached hydrogens (tertiary/aromatic N) is 4. The van der Waals surface area contributed by atoms with Crippen LogP contribution < -0.4 is 10.5 Å². The Kier molecular flexibility index (Phi) is 5.63. The minimum atomic E-state index is -0.110. The lowest BCUT2D eigenvalue weighted by Gasteiger charge is -2.22. The summed E-state index contributed by atoms with van der Waals surface area (Å²) in [5.74, 6) is 0.0406. The van der Waals surface area contributed by atoms with E-state index in [1.165, 1.54) is 11.8 Å². The first kappa shape index (κ1) is 19.2. The lowest BCUT2D eigenvalue weighted by molar-refractivity contribution is -0.116. The highest BCUT2D eigenvalue weighted by atomic mass is 32.2. The highest BCUT2D eigenvalue weighted by Gasteiger charge is 2.29. The second kappa shape index (κ2) is 8.50. The number of fused-ring (bicyclic) bond motifs is 1. The van der Waals surface area contributed by atoms with Gasteiger partial charge in [-0.3, -0.25) is 14.2 Å². The molecular weight excluding hydrogens is 384 g/mol. The molecule has 0 aliphatic heterocycles. The van der Waals surface area contributed by atoms with Gasteiger partial charge in [0, 0.05) is 18.3 Å². The van der Waals surface area contributed by atoms with Crippen molar-refractivity contribution in [3.63, 3.8) is 0 Å². The Morgan fingerprint density at radius 1 is 1.17 bits per heavy atom. The fraction of sp³-hybridized carbons (Fsp3) is 0.273. The molecule has 1 aliphatic carbocycles. The van der Waals surface area contributed by atoms with Crippen molar-refractivity contribution in [1.29, 1.82) is 5.26 Å². The van der Waals surface area contributed by atoms with Crippen molar-refractivity contribution in [2.24, 2.45) is 0 Å². The molecule has 3 aromatic rings. The Labute approximate surface area is 172 Å². The number of anilines is 1. The number of hydrogen-bond acceptors (Lipinski definition) is 5. The Balaban J connectivity index is 1.60. The van der Waals surface area contributed by atoms with Gasteiger partial charge in [-0.05, 0) is 37.1 Å². The molecule has 0 bridgehead atoms. The summed E-state index contributed by atoms with van der Waals surface area (Å²) in [7, 11) is 0. The number of para-hydroxylation sites is 2. The molecule has 1 fully saturated rings. The molecule has 1 aliphatic rings. The minimum absolute atomic E-state index is 0.0440. The molecule has 0 N–H and O–H groups in total. The molecule has 0 spiro atoms. The van der Waals surface area contributed by atoms with E-state index in [-0.39, 0.29) is 29.7 Å². The topological polar surface area (TPSA) is 79.0 Å². The summed E-state index contributed by atoms with van der Waals surface area (Å²) < 4.78 is 1.74. The monoisotopic (exact) mass is 404 g/mol.